The monoisotopic (exact) mass is 366 g/mol. The number of aliphatic hydroxyl groups is 1. The summed E-state index contributed by atoms with van der Waals surface area (Å²) in [5.74, 6) is 0.850. The Bertz CT molecular complexity index is 872. The van der Waals surface area contributed by atoms with Crippen LogP contribution in [0, 0.1) is 0 Å². The summed E-state index contributed by atoms with van der Waals surface area (Å²) in [6.45, 7) is 5.56. The van der Waals surface area contributed by atoms with Gasteiger partial charge in [0.2, 0.25) is 0 Å². The predicted octanol–water partition coefficient (Wildman–Crippen LogP) is 5.50. The first-order chi connectivity index (χ1) is 13.2. The fraction of sp³-hybridized carbons (Fsp3) is 0.417. The number of benzene rings is 3. The summed E-state index contributed by atoms with van der Waals surface area (Å²) in [6, 6.07) is 17.0. The Morgan fingerprint density at radius 2 is 1.70 bits per heavy atom. The number of rotatable bonds is 10. The van der Waals surface area contributed by atoms with Crippen molar-refractivity contribution in [3.63, 3.8) is 0 Å². The van der Waals surface area contributed by atoms with Crippen LogP contribution in [0.15, 0.2) is 48.5 Å². The van der Waals surface area contributed by atoms with E-state index in [2.05, 4.69) is 50.2 Å². The zero-order valence-electron chi connectivity index (χ0n) is 16.4. The number of aliphatic hydroxyl groups excluding tert-OH is 1. The van der Waals surface area contributed by atoms with Gasteiger partial charge in [-0.05, 0) is 41.3 Å². The summed E-state index contributed by atoms with van der Waals surface area (Å²) in [7, 11) is 0. The first-order valence-electron chi connectivity index (χ1n) is 10.1. The fourth-order valence-corrected chi connectivity index (χ4v) is 3.34. The van der Waals surface area contributed by atoms with Crippen molar-refractivity contribution < 1.29 is 14.6 Å². The van der Waals surface area contributed by atoms with Crippen molar-refractivity contribution in [1.29, 1.82) is 0 Å². The van der Waals surface area contributed by atoms with Gasteiger partial charge in [0.15, 0.2) is 0 Å². The average molecular weight is 367 g/mol. The highest BCUT2D eigenvalue weighted by atomic mass is 16.5. The Morgan fingerprint density at radius 1 is 0.889 bits per heavy atom. The largest absolute Gasteiger partial charge is 0.489 e. The van der Waals surface area contributed by atoms with Gasteiger partial charge in [0.05, 0.1) is 6.61 Å². The molecule has 1 unspecified atom stereocenters. The normalized spacial score (nSPS) is 12.6. The molecule has 144 valence electrons. The second kappa shape index (κ2) is 9.72. The van der Waals surface area contributed by atoms with E-state index in [0.29, 0.717) is 13.2 Å². The maximum atomic E-state index is 10.3. The molecule has 1 atom stereocenters. The molecule has 0 saturated heterocycles. The molecule has 0 aliphatic carbocycles. The van der Waals surface area contributed by atoms with E-state index in [0.717, 1.165) is 46.6 Å². The lowest BCUT2D eigenvalue weighted by atomic mass is 9.99. The quantitative estimate of drug-likeness (QED) is 0.380. The van der Waals surface area contributed by atoms with Crippen LogP contribution in [0.5, 0.6) is 5.75 Å². The molecule has 0 bridgehead atoms. The minimum atomic E-state index is -0.630. The van der Waals surface area contributed by atoms with Crippen molar-refractivity contribution in [2.24, 2.45) is 0 Å². The number of fused-ring (bicyclic) bond motifs is 2. The molecule has 3 heteroatoms. The van der Waals surface area contributed by atoms with Crippen LogP contribution in [0.4, 0.5) is 0 Å². The second-order valence-corrected chi connectivity index (χ2v) is 7.08. The molecular weight excluding hydrogens is 336 g/mol. The molecule has 0 saturated carbocycles. The van der Waals surface area contributed by atoms with Crippen LogP contribution < -0.4 is 4.74 Å². The Hall–Kier alpha value is -2.10. The van der Waals surface area contributed by atoms with Gasteiger partial charge in [0.25, 0.3) is 0 Å². The first-order valence-corrected chi connectivity index (χ1v) is 10.1. The van der Waals surface area contributed by atoms with E-state index in [4.69, 9.17) is 9.47 Å². The van der Waals surface area contributed by atoms with E-state index < -0.39 is 6.10 Å². The Morgan fingerprint density at radius 3 is 2.52 bits per heavy atom. The summed E-state index contributed by atoms with van der Waals surface area (Å²) in [5, 5.41) is 14.7. The van der Waals surface area contributed by atoms with E-state index >= 15 is 0 Å². The molecule has 27 heavy (non-hydrogen) atoms. The third kappa shape index (κ3) is 5.00. The maximum absolute atomic E-state index is 10.3. The number of ether oxygens (including phenoxy) is 2. The Labute approximate surface area is 161 Å². The predicted molar refractivity (Wildman–Crippen MR) is 113 cm³/mol. The molecule has 0 heterocycles. The molecule has 0 aromatic heterocycles. The topological polar surface area (TPSA) is 38.7 Å². The van der Waals surface area contributed by atoms with Gasteiger partial charge >= 0.3 is 0 Å². The van der Waals surface area contributed by atoms with Gasteiger partial charge in [0, 0.05) is 17.4 Å². The molecule has 0 radical (unpaired) electrons. The summed E-state index contributed by atoms with van der Waals surface area (Å²) in [6.07, 6.45) is 3.72. The highest BCUT2D eigenvalue weighted by Crippen LogP contribution is 2.35. The number of aryl methyl sites for hydroxylation is 1. The first kappa shape index (κ1) is 19.7. The van der Waals surface area contributed by atoms with Crippen molar-refractivity contribution in [2.75, 3.05) is 19.8 Å². The van der Waals surface area contributed by atoms with E-state index in [-0.39, 0.29) is 6.61 Å². The maximum Gasteiger partial charge on any atom is 0.135 e. The highest BCUT2D eigenvalue weighted by Gasteiger charge is 2.12. The number of hydrogen-bond acceptors (Lipinski definition) is 3. The summed E-state index contributed by atoms with van der Waals surface area (Å²) in [5.41, 5.74) is 1.28. The third-order valence-electron chi connectivity index (χ3n) is 4.91. The van der Waals surface area contributed by atoms with Crippen LogP contribution in [-0.4, -0.2) is 31.0 Å². The smallest absolute Gasteiger partial charge is 0.135 e. The molecule has 1 N–H and O–H groups in total. The van der Waals surface area contributed by atoms with Crippen LogP contribution in [-0.2, 0) is 11.2 Å². The average Bonchev–Trinajstić information content (AvgIpc) is 2.70. The Balaban J connectivity index is 1.78. The van der Waals surface area contributed by atoms with Crippen LogP contribution in [0.25, 0.3) is 21.5 Å². The molecule has 0 fully saturated rings. The SMILES string of the molecule is CCCCCOCC(O)COc1c2ccccc2cc2ccc(CC)cc12. The fourth-order valence-electron chi connectivity index (χ4n) is 3.34. The van der Waals surface area contributed by atoms with Gasteiger partial charge < -0.3 is 14.6 Å². The molecule has 0 aliphatic rings. The standard InChI is InChI=1S/C24H30O3/c1-3-5-8-13-26-16-21(25)17-27-24-22-10-7-6-9-19(22)15-20-12-11-18(4-2)14-23(20)24/h6-7,9-12,14-15,21,25H,3-5,8,13,16-17H2,1-2H3. The number of unbranched alkanes of at least 4 members (excludes halogenated alkanes) is 2. The second-order valence-electron chi connectivity index (χ2n) is 7.08. The molecule has 0 aliphatic heterocycles. The van der Waals surface area contributed by atoms with Gasteiger partial charge in [0.1, 0.15) is 18.5 Å². The van der Waals surface area contributed by atoms with E-state index in [1.165, 1.54) is 12.0 Å². The van der Waals surface area contributed by atoms with Crippen molar-refractivity contribution in [2.45, 2.75) is 45.6 Å². The van der Waals surface area contributed by atoms with Gasteiger partial charge in [-0.25, -0.2) is 0 Å². The molecule has 3 aromatic carbocycles. The van der Waals surface area contributed by atoms with Gasteiger partial charge in [-0.3, -0.25) is 0 Å². The molecule has 0 spiro atoms. The van der Waals surface area contributed by atoms with Crippen molar-refractivity contribution in [1.82, 2.24) is 0 Å². The Kier molecular flexibility index (Phi) is 7.08. The van der Waals surface area contributed by atoms with Crippen molar-refractivity contribution in [3.8, 4) is 5.75 Å². The summed E-state index contributed by atoms with van der Waals surface area (Å²) < 4.78 is 11.7. The van der Waals surface area contributed by atoms with Crippen LogP contribution in [0.3, 0.4) is 0 Å². The van der Waals surface area contributed by atoms with Crippen LogP contribution >= 0.6 is 0 Å². The molecule has 3 aromatic rings. The molecule has 3 nitrogen and oxygen atoms in total. The van der Waals surface area contributed by atoms with Gasteiger partial charge in [-0.2, -0.15) is 0 Å². The van der Waals surface area contributed by atoms with Crippen molar-refractivity contribution in [3.05, 3.63) is 54.1 Å². The molecule has 0 amide bonds. The molecule has 3 rings (SSSR count). The minimum Gasteiger partial charge on any atom is -0.489 e. The van der Waals surface area contributed by atoms with Crippen molar-refractivity contribution >= 4 is 21.5 Å². The van der Waals surface area contributed by atoms with E-state index in [1.807, 2.05) is 12.1 Å². The lowest BCUT2D eigenvalue weighted by molar-refractivity contribution is 0.0116. The highest BCUT2D eigenvalue weighted by molar-refractivity contribution is 6.05. The van der Waals surface area contributed by atoms with Gasteiger partial charge in [-0.1, -0.05) is 63.1 Å². The number of hydrogen-bond donors (Lipinski definition) is 1. The minimum absolute atomic E-state index is 0.229. The lowest BCUT2D eigenvalue weighted by Gasteiger charge is -2.17. The zero-order valence-corrected chi connectivity index (χ0v) is 16.4. The summed E-state index contributed by atoms with van der Waals surface area (Å²) in [4.78, 5) is 0. The zero-order chi connectivity index (χ0) is 19.1. The van der Waals surface area contributed by atoms with E-state index in [1.54, 1.807) is 0 Å². The lowest BCUT2D eigenvalue weighted by Crippen LogP contribution is -2.23. The summed E-state index contributed by atoms with van der Waals surface area (Å²) >= 11 is 0. The van der Waals surface area contributed by atoms with Gasteiger partial charge in [-0.15, -0.1) is 0 Å². The van der Waals surface area contributed by atoms with Crippen LogP contribution in [0.1, 0.15) is 38.7 Å². The third-order valence-corrected chi connectivity index (χ3v) is 4.91. The van der Waals surface area contributed by atoms with E-state index in [9.17, 15) is 5.11 Å². The van der Waals surface area contributed by atoms with Crippen LogP contribution in [0.2, 0.25) is 0 Å². The molecular formula is C24H30O3.